The van der Waals surface area contributed by atoms with Gasteiger partial charge in [0.2, 0.25) is 0 Å². The smallest absolute Gasteiger partial charge is 0.313 e. The Labute approximate surface area is 100 Å². The Kier molecular flexibility index (Phi) is 2.87. The molecule has 0 aliphatic heterocycles. The Bertz CT molecular complexity index is 557. The van der Waals surface area contributed by atoms with E-state index in [0.29, 0.717) is 5.82 Å². The Morgan fingerprint density at radius 3 is 2.94 bits per heavy atom. The summed E-state index contributed by atoms with van der Waals surface area (Å²) in [5.74, 6) is -1.27. The van der Waals surface area contributed by atoms with Gasteiger partial charge in [0.05, 0.1) is 5.52 Å². The summed E-state index contributed by atoms with van der Waals surface area (Å²) in [6.45, 7) is 1.57. The molecule has 0 aliphatic carbocycles. The molecule has 16 heavy (non-hydrogen) atoms. The maximum atomic E-state index is 10.8. The average Bonchev–Trinajstić information content (AvgIpc) is 2.27. The van der Waals surface area contributed by atoms with Gasteiger partial charge in [-0.15, -0.1) is 0 Å². The highest BCUT2D eigenvalue weighted by atomic mass is 79.9. The number of carboxylic acid groups (broad SMARTS) is 1. The van der Waals surface area contributed by atoms with Gasteiger partial charge in [0.15, 0.2) is 0 Å². The van der Waals surface area contributed by atoms with Crippen LogP contribution in [0.3, 0.4) is 0 Å². The van der Waals surface area contributed by atoms with E-state index in [1.165, 1.54) is 0 Å². The van der Waals surface area contributed by atoms with Gasteiger partial charge in [0.25, 0.3) is 0 Å². The molecule has 1 aromatic carbocycles. The lowest BCUT2D eigenvalue weighted by atomic mass is 10.1. The molecule has 0 spiro atoms. The van der Waals surface area contributed by atoms with Crippen LogP contribution in [0.5, 0.6) is 0 Å². The van der Waals surface area contributed by atoms with Crippen LogP contribution in [0, 0.1) is 0 Å². The summed E-state index contributed by atoms with van der Waals surface area (Å²) in [7, 11) is 0. The number of rotatable bonds is 2. The predicted molar refractivity (Wildman–Crippen MR) is 63.3 cm³/mol. The summed E-state index contributed by atoms with van der Waals surface area (Å²) in [6, 6.07) is 5.59. The van der Waals surface area contributed by atoms with Gasteiger partial charge in [-0.3, -0.25) is 4.79 Å². The van der Waals surface area contributed by atoms with E-state index in [4.69, 9.17) is 5.11 Å². The summed E-state index contributed by atoms with van der Waals surface area (Å²) < 4.78 is 0.947. The zero-order chi connectivity index (χ0) is 11.7. The summed E-state index contributed by atoms with van der Waals surface area (Å²) in [5.41, 5.74) is 0.751. The molecule has 0 radical (unpaired) electrons. The third-order valence-corrected chi connectivity index (χ3v) is 2.81. The van der Waals surface area contributed by atoms with Gasteiger partial charge >= 0.3 is 5.97 Å². The minimum atomic E-state index is -0.920. The minimum absolute atomic E-state index is 0.335. The Hall–Kier alpha value is -1.49. The fourth-order valence-corrected chi connectivity index (χ4v) is 1.72. The highest BCUT2D eigenvalue weighted by Crippen LogP contribution is 2.19. The fourth-order valence-electron chi connectivity index (χ4n) is 1.34. The van der Waals surface area contributed by atoms with Crippen molar-refractivity contribution in [3.63, 3.8) is 0 Å². The first kappa shape index (κ1) is 11.0. The normalized spacial score (nSPS) is 12.6. The zero-order valence-corrected chi connectivity index (χ0v) is 10.1. The van der Waals surface area contributed by atoms with Crippen molar-refractivity contribution in [2.24, 2.45) is 0 Å². The van der Waals surface area contributed by atoms with Gasteiger partial charge in [-0.25, -0.2) is 9.97 Å². The summed E-state index contributed by atoms with van der Waals surface area (Å²) in [6.07, 6.45) is 1.64. The lowest BCUT2D eigenvalue weighted by Gasteiger charge is -2.05. The average molecular weight is 281 g/mol. The van der Waals surface area contributed by atoms with Crippen LogP contribution in [0.25, 0.3) is 10.9 Å². The quantitative estimate of drug-likeness (QED) is 0.919. The molecule has 4 nitrogen and oxygen atoms in total. The first-order chi connectivity index (χ1) is 7.58. The molecule has 2 aromatic rings. The van der Waals surface area contributed by atoms with E-state index >= 15 is 0 Å². The van der Waals surface area contributed by atoms with Gasteiger partial charge < -0.3 is 5.11 Å². The van der Waals surface area contributed by atoms with Crippen LogP contribution in [0.2, 0.25) is 0 Å². The molecule has 1 aromatic heterocycles. The monoisotopic (exact) mass is 280 g/mol. The number of hydrogen-bond donors (Lipinski definition) is 1. The van der Waals surface area contributed by atoms with Crippen molar-refractivity contribution in [1.82, 2.24) is 9.97 Å². The van der Waals surface area contributed by atoms with Crippen LogP contribution in [0.4, 0.5) is 0 Å². The van der Waals surface area contributed by atoms with Crippen molar-refractivity contribution in [1.29, 1.82) is 0 Å². The van der Waals surface area contributed by atoms with E-state index in [-0.39, 0.29) is 0 Å². The number of halogens is 1. The Morgan fingerprint density at radius 1 is 1.50 bits per heavy atom. The second kappa shape index (κ2) is 4.17. The summed E-state index contributed by atoms with van der Waals surface area (Å²) >= 11 is 3.35. The molecule has 0 amide bonds. The van der Waals surface area contributed by atoms with Crippen LogP contribution >= 0.6 is 15.9 Å². The maximum absolute atomic E-state index is 10.8. The number of aromatic nitrogens is 2. The van der Waals surface area contributed by atoms with E-state index in [1.54, 1.807) is 13.1 Å². The van der Waals surface area contributed by atoms with Crippen molar-refractivity contribution in [2.75, 3.05) is 0 Å². The van der Waals surface area contributed by atoms with E-state index in [0.717, 1.165) is 15.4 Å². The van der Waals surface area contributed by atoms with Crippen molar-refractivity contribution < 1.29 is 9.90 Å². The Morgan fingerprint density at radius 2 is 2.25 bits per heavy atom. The number of carboxylic acids is 1. The number of carbonyl (C=O) groups is 1. The van der Waals surface area contributed by atoms with Crippen molar-refractivity contribution >= 4 is 32.8 Å². The molecule has 0 fully saturated rings. The summed E-state index contributed by atoms with van der Waals surface area (Å²) in [5, 5.41) is 9.75. The largest absolute Gasteiger partial charge is 0.481 e. The fraction of sp³-hybridized carbons (Fsp3) is 0.182. The van der Waals surface area contributed by atoms with Gasteiger partial charge in [-0.05, 0) is 25.1 Å². The van der Waals surface area contributed by atoms with E-state index in [1.807, 2.05) is 18.2 Å². The first-order valence-electron chi connectivity index (χ1n) is 4.73. The lowest BCUT2D eigenvalue weighted by Crippen LogP contribution is -2.11. The minimum Gasteiger partial charge on any atom is -0.481 e. The SMILES string of the molecule is CC(C(=O)O)c1ncc2cc(Br)ccc2n1. The molecule has 2 rings (SSSR count). The topological polar surface area (TPSA) is 63.1 Å². The molecule has 1 unspecified atom stereocenters. The predicted octanol–water partition coefficient (Wildman–Crippen LogP) is 2.58. The van der Waals surface area contributed by atoms with Crippen molar-refractivity contribution in [3.05, 3.63) is 34.7 Å². The molecule has 0 saturated carbocycles. The third kappa shape index (κ3) is 2.04. The van der Waals surface area contributed by atoms with Crippen molar-refractivity contribution in [3.8, 4) is 0 Å². The molecule has 5 heteroatoms. The molecular formula is C11H9BrN2O2. The third-order valence-electron chi connectivity index (χ3n) is 2.32. The van der Waals surface area contributed by atoms with E-state index in [9.17, 15) is 4.79 Å². The van der Waals surface area contributed by atoms with E-state index in [2.05, 4.69) is 25.9 Å². The van der Waals surface area contributed by atoms with Crippen LogP contribution in [0.1, 0.15) is 18.7 Å². The Balaban J connectivity index is 2.52. The second-order valence-electron chi connectivity index (χ2n) is 3.49. The van der Waals surface area contributed by atoms with Gasteiger partial charge in [0, 0.05) is 16.1 Å². The van der Waals surface area contributed by atoms with Gasteiger partial charge in [-0.2, -0.15) is 0 Å². The van der Waals surface area contributed by atoms with Gasteiger partial charge in [-0.1, -0.05) is 15.9 Å². The molecule has 0 bridgehead atoms. The van der Waals surface area contributed by atoms with Crippen LogP contribution in [0.15, 0.2) is 28.9 Å². The number of aliphatic carboxylic acids is 1. The number of hydrogen-bond acceptors (Lipinski definition) is 3. The zero-order valence-electron chi connectivity index (χ0n) is 8.51. The van der Waals surface area contributed by atoms with E-state index < -0.39 is 11.9 Å². The number of benzene rings is 1. The summed E-state index contributed by atoms with van der Waals surface area (Å²) in [4.78, 5) is 19.1. The molecule has 0 saturated heterocycles. The molecule has 1 atom stereocenters. The molecule has 1 N–H and O–H groups in total. The van der Waals surface area contributed by atoms with Crippen molar-refractivity contribution in [2.45, 2.75) is 12.8 Å². The molecular weight excluding hydrogens is 272 g/mol. The van der Waals surface area contributed by atoms with Crippen LogP contribution < -0.4 is 0 Å². The maximum Gasteiger partial charge on any atom is 0.313 e. The molecule has 82 valence electrons. The highest BCUT2D eigenvalue weighted by molar-refractivity contribution is 9.10. The second-order valence-corrected chi connectivity index (χ2v) is 4.41. The van der Waals surface area contributed by atoms with Gasteiger partial charge in [0.1, 0.15) is 11.7 Å². The van der Waals surface area contributed by atoms with Crippen LogP contribution in [-0.4, -0.2) is 21.0 Å². The molecule has 1 heterocycles. The number of fused-ring (bicyclic) bond motifs is 1. The molecule has 0 aliphatic rings. The first-order valence-corrected chi connectivity index (χ1v) is 5.52. The highest BCUT2D eigenvalue weighted by Gasteiger charge is 2.16. The van der Waals surface area contributed by atoms with Crippen LogP contribution in [-0.2, 0) is 4.79 Å². The standard InChI is InChI=1S/C11H9BrN2O2/c1-6(11(15)16)10-13-5-7-4-8(12)2-3-9(7)14-10/h2-6H,1H3,(H,15,16). The lowest BCUT2D eigenvalue weighted by molar-refractivity contribution is -0.138. The number of nitrogens with zero attached hydrogens (tertiary/aromatic N) is 2.